The number of aryl methyl sites for hydroxylation is 1. The molecule has 0 spiro atoms. The molecular formula is C16H17N5OS2. The SMILES string of the molecule is Cc1csc(NC(=O)CSc2nnc(Cc3ccccc3)n2C)n1. The Labute approximate surface area is 148 Å². The molecule has 0 aliphatic carbocycles. The molecule has 24 heavy (non-hydrogen) atoms. The molecule has 6 nitrogen and oxygen atoms in total. The molecular weight excluding hydrogens is 342 g/mol. The van der Waals surface area contributed by atoms with Crippen molar-refractivity contribution in [2.75, 3.05) is 11.1 Å². The van der Waals surface area contributed by atoms with E-state index in [1.54, 1.807) is 0 Å². The fraction of sp³-hybridized carbons (Fsp3) is 0.250. The molecule has 0 saturated carbocycles. The number of hydrogen-bond acceptors (Lipinski definition) is 6. The Morgan fingerprint density at radius 3 is 2.79 bits per heavy atom. The lowest BCUT2D eigenvalue weighted by molar-refractivity contribution is -0.113. The first-order chi connectivity index (χ1) is 11.6. The van der Waals surface area contributed by atoms with Gasteiger partial charge in [-0.3, -0.25) is 4.79 Å². The summed E-state index contributed by atoms with van der Waals surface area (Å²) in [5, 5.41) is 14.5. The Balaban J connectivity index is 1.57. The van der Waals surface area contributed by atoms with Crippen molar-refractivity contribution in [2.45, 2.75) is 18.5 Å². The van der Waals surface area contributed by atoms with Crippen LogP contribution in [0.2, 0.25) is 0 Å². The summed E-state index contributed by atoms with van der Waals surface area (Å²) in [7, 11) is 1.92. The van der Waals surface area contributed by atoms with Gasteiger partial charge in [0.25, 0.3) is 0 Å². The van der Waals surface area contributed by atoms with Crippen LogP contribution in [0.5, 0.6) is 0 Å². The fourth-order valence-corrected chi connectivity index (χ4v) is 3.53. The summed E-state index contributed by atoms with van der Waals surface area (Å²) in [6.45, 7) is 1.90. The van der Waals surface area contributed by atoms with E-state index in [9.17, 15) is 4.79 Å². The first-order valence-corrected chi connectivity index (χ1v) is 9.25. The summed E-state index contributed by atoms with van der Waals surface area (Å²) in [6.07, 6.45) is 0.718. The number of hydrogen-bond donors (Lipinski definition) is 1. The van der Waals surface area contributed by atoms with Gasteiger partial charge in [0.1, 0.15) is 5.82 Å². The molecule has 0 aliphatic rings. The highest BCUT2D eigenvalue weighted by Gasteiger charge is 2.12. The van der Waals surface area contributed by atoms with Crippen molar-refractivity contribution >= 4 is 34.1 Å². The van der Waals surface area contributed by atoms with E-state index < -0.39 is 0 Å². The minimum absolute atomic E-state index is 0.0954. The van der Waals surface area contributed by atoms with Gasteiger partial charge in [-0.05, 0) is 12.5 Å². The number of thiazole rings is 1. The van der Waals surface area contributed by atoms with Crippen LogP contribution in [-0.2, 0) is 18.3 Å². The van der Waals surface area contributed by atoms with Crippen molar-refractivity contribution in [1.82, 2.24) is 19.7 Å². The van der Waals surface area contributed by atoms with Crippen LogP contribution >= 0.6 is 23.1 Å². The second-order valence-electron chi connectivity index (χ2n) is 5.25. The van der Waals surface area contributed by atoms with Crippen LogP contribution in [-0.4, -0.2) is 31.4 Å². The lowest BCUT2D eigenvalue weighted by atomic mass is 10.1. The monoisotopic (exact) mass is 359 g/mol. The van der Waals surface area contributed by atoms with Crippen molar-refractivity contribution in [1.29, 1.82) is 0 Å². The molecule has 0 aliphatic heterocycles. The summed E-state index contributed by atoms with van der Waals surface area (Å²) in [6, 6.07) is 10.1. The number of amides is 1. The summed E-state index contributed by atoms with van der Waals surface area (Å²) >= 11 is 2.79. The number of rotatable bonds is 6. The fourth-order valence-electron chi connectivity index (χ4n) is 2.10. The number of aromatic nitrogens is 4. The van der Waals surface area contributed by atoms with E-state index in [1.807, 2.05) is 42.1 Å². The quantitative estimate of drug-likeness (QED) is 0.685. The van der Waals surface area contributed by atoms with Crippen molar-refractivity contribution < 1.29 is 4.79 Å². The number of anilines is 1. The van der Waals surface area contributed by atoms with Gasteiger partial charge in [0, 0.05) is 18.8 Å². The number of carbonyl (C=O) groups is 1. The minimum Gasteiger partial charge on any atom is -0.309 e. The van der Waals surface area contributed by atoms with Gasteiger partial charge in [-0.15, -0.1) is 21.5 Å². The maximum absolute atomic E-state index is 12.0. The predicted octanol–water partition coefficient (Wildman–Crippen LogP) is 2.90. The molecule has 2 aromatic heterocycles. The van der Waals surface area contributed by atoms with Crippen molar-refractivity contribution in [3.8, 4) is 0 Å². The van der Waals surface area contributed by atoms with E-state index in [2.05, 4.69) is 32.6 Å². The Hall–Kier alpha value is -2.19. The van der Waals surface area contributed by atoms with Crippen molar-refractivity contribution in [3.63, 3.8) is 0 Å². The molecule has 3 aromatic rings. The molecule has 124 valence electrons. The summed E-state index contributed by atoms with van der Waals surface area (Å²) in [5.41, 5.74) is 2.09. The van der Waals surface area contributed by atoms with Crippen LogP contribution in [0.25, 0.3) is 0 Å². The second kappa shape index (κ2) is 7.59. The van der Waals surface area contributed by atoms with Gasteiger partial charge in [0.2, 0.25) is 5.91 Å². The zero-order chi connectivity index (χ0) is 16.9. The number of benzene rings is 1. The van der Waals surface area contributed by atoms with Gasteiger partial charge in [-0.25, -0.2) is 4.98 Å². The molecule has 3 rings (SSSR count). The zero-order valence-electron chi connectivity index (χ0n) is 13.4. The number of thioether (sulfide) groups is 1. The molecule has 1 amide bonds. The Morgan fingerprint density at radius 1 is 1.29 bits per heavy atom. The number of nitrogens with zero attached hydrogens (tertiary/aromatic N) is 4. The lowest BCUT2D eigenvalue weighted by Crippen LogP contribution is -2.14. The molecule has 0 fully saturated rings. The first-order valence-electron chi connectivity index (χ1n) is 7.39. The van der Waals surface area contributed by atoms with Gasteiger partial charge >= 0.3 is 0 Å². The summed E-state index contributed by atoms with van der Waals surface area (Å²) < 4.78 is 1.93. The van der Waals surface area contributed by atoms with Gasteiger partial charge in [-0.2, -0.15) is 0 Å². The third-order valence-corrected chi connectivity index (χ3v) is 5.22. The Morgan fingerprint density at radius 2 is 2.08 bits per heavy atom. The van der Waals surface area contributed by atoms with Crippen molar-refractivity contribution in [2.24, 2.45) is 7.05 Å². The molecule has 0 radical (unpaired) electrons. The molecule has 0 bridgehead atoms. The molecule has 1 N–H and O–H groups in total. The first kappa shape index (κ1) is 16.7. The van der Waals surface area contributed by atoms with Crippen LogP contribution in [0.3, 0.4) is 0 Å². The van der Waals surface area contributed by atoms with E-state index in [4.69, 9.17) is 0 Å². The number of nitrogens with one attached hydrogen (secondary N) is 1. The van der Waals surface area contributed by atoms with Crippen molar-refractivity contribution in [3.05, 3.63) is 52.8 Å². The highest BCUT2D eigenvalue weighted by Crippen LogP contribution is 2.19. The van der Waals surface area contributed by atoms with Crippen LogP contribution in [0.1, 0.15) is 17.1 Å². The van der Waals surface area contributed by atoms with Gasteiger partial charge in [0.15, 0.2) is 10.3 Å². The van der Waals surface area contributed by atoms with Crippen LogP contribution in [0.4, 0.5) is 5.13 Å². The third-order valence-electron chi connectivity index (χ3n) is 3.33. The van der Waals surface area contributed by atoms with Crippen LogP contribution in [0, 0.1) is 6.92 Å². The Kier molecular flexibility index (Phi) is 5.27. The molecule has 0 atom stereocenters. The highest BCUT2D eigenvalue weighted by molar-refractivity contribution is 7.99. The van der Waals surface area contributed by atoms with E-state index in [1.165, 1.54) is 28.7 Å². The van der Waals surface area contributed by atoms with E-state index in [0.29, 0.717) is 5.13 Å². The van der Waals surface area contributed by atoms with E-state index >= 15 is 0 Å². The topological polar surface area (TPSA) is 72.7 Å². The maximum Gasteiger partial charge on any atom is 0.236 e. The summed E-state index contributed by atoms with van der Waals surface area (Å²) in [4.78, 5) is 16.2. The third kappa shape index (κ3) is 4.21. The van der Waals surface area contributed by atoms with Gasteiger partial charge < -0.3 is 9.88 Å². The average molecular weight is 359 g/mol. The Bertz CT molecular complexity index is 828. The molecule has 2 heterocycles. The number of carbonyl (C=O) groups excluding carboxylic acids is 1. The minimum atomic E-state index is -0.0954. The molecule has 1 aromatic carbocycles. The second-order valence-corrected chi connectivity index (χ2v) is 7.05. The smallest absolute Gasteiger partial charge is 0.236 e. The van der Waals surface area contributed by atoms with Gasteiger partial charge in [0.05, 0.1) is 11.4 Å². The normalized spacial score (nSPS) is 10.8. The average Bonchev–Trinajstić information content (AvgIpc) is 3.13. The largest absolute Gasteiger partial charge is 0.309 e. The molecule has 0 unspecified atom stereocenters. The van der Waals surface area contributed by atoms with Gasteiger partial charge in [-0.1, -0.05) is 42.1 Å². The van der Waals surface area contributed by atoms with Crippen LogP contribution < -0.4 is 5.32 Å². The standard InChI is InChI=1S/C16H17N5OS2/c1-11-9-23-15(17-11)18-14(22)10-24-16-20-19-13(21(16)2)8-12-6-4-3-5-7-12/h3-7,9H,8,10H2,1-2H3,(H,17,18,22). The highest BCUT2D eigenvalue weighted by atomic mass is 32.2. The molecule has 8 heteroatoms. The van der Waals surface area contributed by atoms with E-state index in [-0.39, 0.29) is 11.7 Å². The predicted molar refractivity (Wildman–Crippen MR) is 96.5 cm³/mol. The lowest BCUT2D eigenvalue weighted by Gasteiger charge is -2.04. The van der Waals surface area contributed by atoms with Crippen LogP contribution in [0.15, 0.2) is 40.9 Å². The maximum atomic E-state index is 12.0. The molecule has 0 saturated heterocycles. The zero-order valence-corrected chi connectivity index (χ0v) is 15.0. The summed E-state index contributed by atoms with van der Waals surface area (Å²) in [5.74, 6) is 1.05. The van der Waals surface area contributed by atoms with E-state index in [0.717, 1.165) is 23.1 Å².